The van der Waals surface area contributed by atoms with Crippen molar-refractivity contribution in [3.8, 4) is 11.4 Å². The van der Waals surface area contributed by atoms with Gasteiger partial charge in [-0.3, -0.25) is 14.6 Å². The first kappa shape index (κ1) is 28.3. The van der Waals surface area contributed by atoms with E-state index in [-0.39, 0.29) is 30.9 Å². The largest absolute Gasteiger partial charge is 0.376 e. The fourth-order valence-electron chi connectivity index (χ4n) is 4.59. The van der Waals surface area contributed by atoms with Crippen LogP contribution in [0.2, 0.25) is 0 Å². The number of anilines is 1. The molecule has 0 unspecified atom stereocenters. The van der Waals surface area contributed by atoms with Gasteiger partial charge in [0.25, 0.3) is 5.91 Å². The molecule has 4 rings (SSSR count). The summed E-state index contributed by atoms with van der Waals surface area (Å²) in [5, 5.41) is 14.3. The Kier molecular flexibility index (Phi) is 9.32. The fraction of sp³-hybridized carbons (Fsp3) is 0.448. The molecule has 0 fully saturated rings. The Bertz CT molecular complexity index is 1290. The second kappa shape index (κ2) is 12.9. The van der Waals surface area contributed by atoms with Gasteiger partial charge in [-0.05, 0) is 36.1 Å². The molecule has 0 spiro atoms. The number of carbonyl (C=O) groups excluding carboxylic acids is 2. The third kappa shape index (κ3) is 7.42. The van der Waals surface area contributed by atoms with Gasteiger partial charge in [0.05, 0.1) is 6.54 Å². The van der Waals surface area contributed by atoms with Crippen molar-refractivity contribution in [3.63, 3.8) is 0 Å². The first-order valence-corrected chi connectivity index (χ1v) is 13.5. The lowest BCUT2D eigenvalue weighted by molar-refractivity contribution is -0.151. The highest BCUT2D eigenvalue weighted by atomic mass is 16.5. The SMILES string of the molecule is Cc1nc(-c2ccc(C)c(NCC(=O)N(CCNC(C)C)CC(=O)N(C)N3CCc4ccccc4C3)c2)no1. The highest BCUT2D eigenvalue weighted by molar-refractivity contribution is 5.87. The van der Waals surface area contributed by atoms with Crippen LogP contribution in [-0.2, 0) is 22.6 Å². The van der Waals surface area contributed by atoms with E-state index in [1.54, 1.807) is 23.9 Å². The van der Waals surface area contributed by atoms with E-state index >= 15 is 0 Å². The highest BCUT2D eigenvalue weighted by Crippen LogP contribution is 2.24. The number of nitrogens with zero attached hydrogens (tertiary/aromatic N) is 5. The number of aryl methyl sites for hydroxylation is 2. The summed E-state index contributed by atoms with van der Waals surface area (Å²) in [6.45, 7) is 10.4. The quantitative estimate of drug-likeness (QED) is 0.387. The molecule has 2 heterocycles. The van der Waals surface area contributed by atoms with Crippen LogP contribution in [0, 0.1) is 13.8 Å². The molecule has 0 radical (unpaired) electrons. The third-order valence-electron chi connectivity index (χ3n) is 6.96. The van der Waals surface area contributed by atoms with E-state index in [0.717, 1.165) is 29.8 Å². The summed E-state index contributed by atoms with van der Waals surface area (Å²) in [5.74, 6) is 0.728. The monoisotopic (exact) mass is 533 g/mol. The molecule has 0 bridgehead atoms. The van der Waals surface area contributed by atoms with Crippen LogP contribution in [0.15, 0.2) is 47.0 Å². The third-order valence-corrected chi connectivity index (χ3v) is 6.96. The van der Waals surface area contributed by atoms with Crippen LogP contribution >= 0.6 is 0 Å². The fourth-order valence-corrected chi connectivity index (χ4v) is 4.59. The highest BCUT2D eigenvalue weighted by Gasteiger charge is 2.25. The number of hydrogen-bond acceptors (Lipinski definition) is 8. The predicted octanol–water partition coefficient (Wildman–Crippen LogP) is 3.02. The van der Waals surface area contributed by atoms with Crippen LogP contribution in [-0.4, -0.2) is 82.7 Å². The van der Waals surface area contributed by atoms with E-state index in [2.05, 4.69) is 52.8 Å². The van der Waals surface area contributed by atoms with E-state index in [4.69, 9.17) is 4.52 Å². The molecule has 10 nitrogen and oxygen atoms in total. The Hall–Kier alpha value is -3.76. The van der Waals surface area contributed by atoms with Crippen LogP contribution in [0.25, 0.3) is 11.4 Å². The average Bonchev–Trinajstić information content (AvgIpc) is 3.37. The number of hydrogen-bond donors (Lipinski definition) is 2. The molecule has 0 atom stereocenters. The molecule has 0 aliphatic carbocycles. The number of hydrazine groups is 1. The van der Waals surface area contributed by atoms with Gasteiger partial charge in [0.1, 0.15) is 6.54 Å². The molecule has 1 aliphatic rings. The van der Waals surface area contributed by atoms with Crippen molar-refractivity contribution >= 4 is 17.5 Å². The Balaban J connectivity index is 1.40. The zero-order valence-corrected chi connectivity index (χ0v) is 23.5. The number of carbonyl (C=O) groups is 2. The molecule has 0 saturated carbocycles. The molecule has 10 heteroatoms. The van der Waals surface area contributed by atoms with Gasteiger partial charge in [0.2, 0.25) is 17.6 Å². The minimum Gasteiger partial charge on any atom is -0.376 e. The van der Waals surface area contributed by atoms with Gasteiger partial charge in [-0.25, -0.2) is 5.01 Å². The van der Waals surface area contributed by atoms with Crippen molar-refractivity contribution in [3.05, 3.63) is 65.0 Å². The summed E-state index contributed by atoms with van der Waals surface area (Å²) in [5.41, 5.74) is 5.14. The molecule has 39 heavy (non-hydrogen) atoms. The average molecular weight is 534 g/mol. The van der Waals surface area contributed by atoms with Gasteiger partial charge in [0, 0.05) is 57.4 Å². The lowest BCUT2D eigenvalue weighted by Gasteiger charge is -2.37. The van der Waals surface area contributed by atoms with Gasteiger partial charge >= 0.3 is 0 Å². The van der Waals surface area contributed by atoms with Crippen molar-refractivity contribution in [2.75, 3.05) is 45.1 Å². The predicted molar refractivity (Wildman–Crippen MR) is 151 cm³/mol. The molecule has 0 saturated heterocycles. The summed E-state index contributed by atoms with van der Waals surface area (Å²) in [6, 6.07) is 14.4. The van der Waals surface area contributed by atoms with Crippen LogP contribution < -0.4 is 10.6 Å². The molecule has 2 amide bonds. The maximum Gasteiger partial charge on any atom is 0.256 e. The maximum atomic E-state index is 13.4. The van der Waals surface area contributed by atoms with Crippen molar-refractivity contribution in [1.29, 1.82) is 0 Å². The van der Waals surface area contributed by atoms with Crippen LogP contribution in [0.3, 0.4) is 0 Å². The normalized spacial score (nSPS) is 13.3. The smallest absolute Gasteiger partial charge is 0.256 e. The van der Waals surface area contributed by atoms with Gasteiger partial charge in [-0.15, -0.1) is 0 Å². The van der Waals surface area contributed by atoms with Crippen LogP contribution in [0.4, 0.5) is 5.69 Å². The van der Waals surface area contributed by atoms with E-state index in [1.807, 2.05) is 36.2 Å². The lowest BCUT2D eigenvalue weighted by Crippen LogP contribution is -2.52. The van der Waals surface area contributed by atoms with Gasteiger partial charge in [-0.2, -0.15) is 4.98 Å². The standard InChI is InChI=1S/C29H39N7O3/c1-20(2)30-13-15-35(19-28(38)34(5)36-14-12-23-8-6-7-9-25(23)18-36)27(37)17-31-26-16-24(11-10-21(26)3)29-32-22(4)39-33-29/h6-11,16,20,30-31H,12-15,17-19H2,1-5H3. The van der Waals surface area contributed by atoms with Gasteiger partial charge < -0.3 is 20.1 Å². The summed E-state index contributed by atoms with van der Waals surface area (Å²) >= 11 is 0. The minimum atomic E-state index is -0.147. The second-order valence-corrected chi connectivity index (χ2v) is 10.3. The van der Waals surface area contributed by atoms with Crippen molar-refractivity contribution in [2.45, 2.75) is 46.7 Å². The lowest BCUT2D eigenvalue weighted by atomic mass is 10.0. The Labute approximate surface area is 230 Å². The number of benzene rings is 2. The maximum absolute atomic E-state index is 13.4. The van der Waals surface area contributed by atoms with E-state index < -0.39 is 0 Å². The molecular weight excluding hydrogens is 494 g/mol. The minimum absolute atomic E-state index is 0.0100. The number of aromatic nitrogens is 2. The topological polar surface area (TPSA) is 107 Å². The second-order valence-electron chi connectivity index (χ2n) is 10.3. The van der Waals surface area contributed by atoms with Crippen molar-refractivity contribution in [2.24, 2.45) is 0 Å². The van der Waals surface area contributed by atoms with Crippen molar-refractivity contribution < 1.29 is 14.1 Å². The molecular formula is C29H39N7O3. The molecule has 1 aliphatic heterocycles. The van der Waals surface area contributed by atoms with E-state index in [9.17, 15) is 9.59 Å². The zero-order chi connectivity index (χ0) is 27.9. The Morgan fingerprint density at radius 1 is 1.10 bits per heavy atom. The van der Waals surface area contributed by atoms with E-state index in [0.29, 0.717) is 31.3 Å². The molecule has 3 aromatic rings. The molecule has 208 valence electrons. The number of rotatable bonds is 11. The molecule has 2 aromatic carbocycles. The summed E-state index contributed by atoms with van der Waals surface area (Å²) < 4.78 is 5.10. The number of fused-ring (bicyclic) bond motifs is 1. The summed E-state index contributed by atoms with van der Waals surface area (Å²) in [4.78, 5) is 32.6. The molecule has 2 N–H and O–H groups in total. The summed E-state index contributed by atoms with van der Waals surface area (Å²) in [6.07, 6.45) is 0.889. The van der Waals surface area contributed by atoms with E-state index in [1.165, 1.54) is 11.1 Å². The first-order chi connectivity index (χ1) is 18.7. The Morgan fingerprint density at radius 3 is 2.59 bits per heavy atom. The van der Waals surface area contributed by atoms with Gasteiger partial charge in [-0.1, -0.05) is 55.4 Å². The zero-order valence-electron chi connectivity index (χ0n) is 23.5. The van der Waals surface area contributed by atoms with Gasteiger partial charge in [0.15, 0.2) is 0 Å². The number of nitrogens with one attached hydrogen (secondary N) is 2. The van der Waals surface area contributed by atoms with Crippen molar-refractivity contribution in [1.82, 2.24) is 30.4 Å². The number of likely N-dealkylation sites (N-methyl/N-ethyl adjacent to an activating group) is 1. The van der Waals surface area contributed by atoms with Crippen LogP contribution in [0.1, 0.15) is 36.4 Å². The van der Waals surface area contributed by atoms with Crippen LogP contribution in [0.5, 0.6) is 0 Å². The Morgan fingerprint density at radius 2 is 1.87 bits per heavy atom. The molecule has 1 aromatic heterocycles. The number of amides is 2. The first-order valence-electron chi connectivity index (χ1n) is 13.5. The summed E-state index contributed by atoms with van der Waals surface area (Å²) in [7, 11) is 1.79.